The van der Waals surface area contributed by atoms with Crippen molar-refractivity contribution >= 4 is 43.4 Å². The Labute approximate surface area is 191 Å². The van der Waals surface area contributed by atoms with Gasteiger partial charge in [-0.25, -0.2) is 13.2 Å². The van der Waals surface area contributed by atoms with Crippen LogP contribution in [0.4, 0.5) is 0 Å². The van der Waals surface area contributed by atoms with Gasteiger partial charge in [-0.05, 0) is 55.5 Å². The number of nitrogens with zero attached hydrogens (tertiary/aromatic N) is 4. The van der Waals surface area contributed by atoms with Gasteiger partial charge in [0, 0.05) is 47.2 Å². The Morgan fingerprint density at radius 2 is 1.88 bits per heavy atom. The molecule has 4 aromatic rings. The zero-order valence-electron chi connectivity index (χ0n) is 17.9. The molecular formula is C23H25ClN4O3S. The van der Waals surface area contributed by atoms with E-state index in [2.05, 4.69) is 9.55 Å². The van der Waals surface area contributed by atoms with E-state index >= 15 is 0 Å². The molecule has 0 N–H and O–H groups in total. The maximum absolute atomic E-state index is 13.4. The lowest BCUT2D eigenvalue weighted by Gasteiger charge is -2.11. The second kappa shape index (κ2) is 8.08. The van der Waals surface area contributed by atoms with Gasteiger partial charge < -0.3 is 4.57 Å². The van der Waals surface area contributed by atoms with Crippen molar-refractivity contribution in [2.75, 3.05) is 12.0 Å². The van der Waals surface area contributed by atoms with E-state index in [1.807, 2.05) is 34.9 Å². The number of rotatable bonds is 8. The SMILES string of the molecule is CS(=O)(=O)CCCn1c(Cn2c(=O)n(CC3CC3)c3ccncc32)cc2cc(Cl)ccc21. The minimum absolute atomic E-state index is 0.0362. The van der Waals surface area contributed by atoms with Crippen LogP contribution in [0.1, 0.15) is 25.0 Å². The highest BCUT2D eigenvalue weighted by Gasteiger charge is 2.25. The molecule has 0 aliphatic heterocycles. The van der Waals surface area contributed by atoms with Crippen molar-refractivity contribution < 1.29 is 8.42 Å². The van der Waals surface area contributed by atoms with Crippen LogP contribution >= 0.6 is 11.6 Å². The normalized spacial score (nSPS) is 14.6. The summed E-state index contributed by atoms with van der Waals surface area (Å²) in [5.74, 6) is 0.689. The first-order valence-corrected chi connectivity index (χ1v) is 13.2. The fourth-order valence-corrected chi connectivity index (χ4v) is 5.23. The molecule has 0 spiro atoms. The van der Waals surface area contributed by atoms with Crippen LogP contribution in [0.25, 0.3) is 21.9 Å². The van der Waals surface area contributed by atoms with E-state index in [1.165, 1.54) is 19.1 Å². The summed E-state index contributed by atoms with van der Waals surface area (Å²) >= 11 is 6.21. The zero-order chi connectivity index (χ0) is 22.5. The van der Waals surface area contributed by atoms with Gasteiger partial charge in [0.15, 0.2) is 0 Å². The lowest BCUT2D eigenvalue weighted by molar-refractivity contribution is 0.580. The summed E-state index contributed by atoms with van der Waals surface area (Å²) in [6, 6.07) is 9.61. The highest BCUT2D eigenvalue weighted by atomic mass is 35.5. The third kappa shape index (κ3) is 4.21. The predicted molar refractivity (Wildman–Crippen MR) is 127 cm³/mol. The summed E-state index contributed by atoms with van der Waals surface area (Å²) in [5, 5.41) is 1.61. The summed E-state index contributed by atoms with van der Waals surface area (Å²) in [4.78, 5) is 17.6. The fourth-order valence-electron chi connectivity index (χ4n) is 4.40. The maximum Gasteiger partial charge on any atom is 0.329 e. The van der Waals surface area contributed by atoms with Gasteiger partial charge in [0.05, 0.1) is 29.5 Å². The number of imidazole rings is 1. The average molecular weight is 473 g/mol. The number of hydrogen-bond donors (Lipinski definition) is 0. The van der Waals surface area contributed by atoms with Crippen molar-refractivity contribution in [2.24, 2.45) is 5.92 Å². The molecule has 1 aromatic carbocycles. The Balaban J connectivity index is 1.58. The molecule has 9 heteroatoms. The van der Waals surface area contributed by atoms with Gasteiger partial charge in [0.1, 0.15) is 9.84 Å². The molecule has 0 saturated heterocycles. The minimum Gasteiger partial charge on any atom is -0.343 e. The molecule has 3 aromatic heterocycles. The highest BCUT2D eigenvalue weighted by Crippen LogP contribution is 2.31. The van der Waals surface area contributed by atoms with Crippen LogP contribution in [-0.4, -0.2) is 39.1 Å². The van der Waals surface area contributed by atoms with Crippen LogP contribution in [0.5, 0.6) is 0 Å². The molecular weight excluding hydrogens is 448 g/mol. The quantitative estimate of drug-likeness (QED) is 0.391. The van der Waals surface area contributed by atoms with Crippen molar-refractivity contribution in [3.05, 3.63) is 63.9 Å². The molecule has 5 rings (SSSR count). The average Bonchev–Trinajstić information content (AvgIpc) is 3.45. The third-order valence-electron chi connectivity index (χ3n) is 6.12. The van der Waals surface area contributed by atoms with Gasteiger partial charge in [0.2, 0.25) is 0 Å². The van der Waals surface area contributed by atoms with Gasteiger partial charge in [-0.2, -0.15) is 0 Å². The molecule has 1 fully saturated rings. The van der Waals surface area contributed by atoms with Crippen molar-refractivity contribution in [3.8, 4) is 0 Å². The first-order valence-electron chi connectivity index (χ1n) is 10.8. The van der Waals surface area contributed by atoms with E-state index in [0.717, 1.165) is 34.2 Å². The molecule has 1 aliphatic rings. The lowest BCUT2D eigenvalue weighted by atomic mass is 10.2. The zero-order valence-corrected chi connectivity index (χ0v) is 19.4. The number of fused-ring (bicyclic) bond motifs is 2. The van der Waals surface area contributed by atoms with Crippen molar-refractivity contribution in [2.45, 2.75) is 38.9 Å². The van der Waals surface area contributed by atoms with E-state index in [9.17, 15) is 13.2 Å². The second-order valence-corrected chi connectivity index (χ2v) is 11.5. The highest BCUT2D eigenvalue weighted by molar-refractivity contribution is 7.90. The van der Waals surface area contributed by atoms with Gasteiger partial charge in [-0.3, -0.25) is 14.1 Å². The fraction of sp³-hybridized carbons (Fsp3) is 0.391. The van der Waals surface area contributed by atoms with Gasteiger partial charge in [-0.15, -0.1) is 0 Å². The number of pyridine rings is 1. The van der Waals surface area contributed by atoms with Gasteiger partial charge in [-0.1, -0.05) is 11.6 Å². The smallest absolute Gasteiger partial charge is 0.329 e. The molecule has 1 aliphatic carbocycles. The molecule has 0 unspecified atom stereocenters. The number of aromatic nitrogens is 4. The van der Waals surface area contributed by atoms with E-state index in [1.54, 1.807) is 17.0 Å². The Bertz CT molecular complexity index is 1480. The van der Waals surface area contributed by atoms with Crippen molar-refractivity contribution in [1.29, 1.82) is 0 Å². The van der Waals surface area contributed by atoms with Crippen LogP contribution in [0.15, 0.2) is 47.5 Å². The van der Waals surface area contributed by atoms with E-state index < -0.39 is 9.84 Å². The molecule has 0 radical (unpaired) electrons. The van der Waals surface area contributed by atoms with E-state index in [0.29, 0.717) is 30.5 Å². The first-order chi connectivity index (χ1) is 15.3. The predicted octanol–water partition coefficient (Wildman–Crippen LogP) is 3.70. The molecule has 0 amide bonds. The van der Waals surface area contributed by atoms with Crippen molar-refractivity contribution in [1.82, 2.24) is 18.7 Å². The van der Waals surface area contributed by atoms with Crippen LogP contribution in [-0.2, 0) is 29.5 Å². The summed E-state index contributed by atoms with van der Waals surface area (Å²) < 4.78 is 29.0. The number of sulfone groups is 1. The van der Waals surface area contributed by atoms with Crippen LogP contribution in [0.3, 0.4) is 0 Å². The maximum atomic E-state index is 13.4. The summed E-state index contributed by atoms with van der Waals surface area (Å²) in [5.41, 5.74) is 3.59. The Kier molecular flexibility index (Phi) is 5.37. The van der Waals surface area contributed by atoms with E-state index in [-0.39, 0.29) is 11.4 Å². The van der Waals surface area contributed by atoms with Crippen LogP contribution in [0, 0.1) is 5.92 Å². The van der Waals surface area contributed by atoms with Gasteiger partial charge in [0.25, 0.3) is 0 Å². The number of aryl methyl sites for hydroxylation is 1. The molecule has 168 valence electrons. The first kappa shape index (κ1) is 21.3. The Morgan fingerprint density at radius 3 is 2.62 bits per heavy atom. The monoisotopic (exact) mass is 472 g/mol. The molecule has 0 atom stereocenters. The van der Waals surface area contributed by atoms with Crippen LogP contribution in [0.2, 0.25) is 5.02 Å². The summed E-state index contributed by atoms with van der Waals surface area (Å²) in [6.07, 6.45) is 7.55. The standard InChI is InChI=1S/C23H25ClN4O3S/c1-32(30,31)10-2-9-26-19(12-17-11-18(24)5-6-20(17)26)15-28-22-13-25-8-7-21(22)27(23(28)29)14-16-3-4-16/h5-8,11-13,16H,2-4,9-10,14-15H2,1H3. The number of benzene rings is 1. The number of halogens is 1. The molecule has 3 heterocycles. The largest absolute Gasteiger partial charge is 0.343 e. The Hall–Kier alpha value is -2.58. The molecule has 7 nitrogen and oxygen atoms in total. The third-order valence-corrected chi connectivity index (χ3v) is 7.39. The molecule has 32 heavy (non-hydrogen) atoms. The minimum atomic E-state index is -3.05. The van der Waals surface area contributed by atoms with Crippen molar-refractivity contribution in [3.63, 3.8) is 0 Å². The lowest BCUT2D eigenvalue weighted by Crippen LogP contribution is -2.26. The second-order valence-electron chi connectivity index (χ2n) is 8.76. The van der Waals surface area contributed by atoms with Crippen LogP contribution < -0.4 is 5.69 Å². The topological polar surface area (TPSA) is 78.9 Å². The van der Waals surface area contributed by atoms with Gasteiger partial charge >= 0.3 is 5.69 Å². The molecule has 0 bridgehead atoms. The number of hydrogen-bond acceptors (Lipinski definition) is 4. The summed E-state index contributed by atoms with van der Waals surface area (Å²) in [7, 11) is -3.05. The Morgan fingerprint density at radius 1 is 1.06 bits per heavy atom. The summed E-state index contributed by atoms with van der Waals surface area (Å²) in [6.45, 7) is 1.66. The van der Waals surface area contributed by atoms with E-state index in [4.69, 9.17) is 11.6 Å². The molecule has 1 saturated carbocycles.